The van der Waals surface area contributed by atoms with Gasteiger partial charge in [0.25, 0.3) is 0 Å². The Morgan fingerprint density at radius 1 is 0.376 bits per heavy atom. The summed E-state index contributed by atoms with van der Waals surface area (Å²) in [6.45, 7) is 5.44. The largest absolute Gasteiger partial charge is 0.370 e. The first-order chi connectivity index (χ1) is 41.0. The lowest BCUT2D eigenvalue weighted by Gasteiger charge is -2.24. The molecule has 0 aliphatic heterocycles. The first-order valence-corrected chi connectivity index (χ1v) is 32.9. The molecule has 85 heavy (non-hydrogen) atoms. The van der Waals surface area contributed by atoms with E-state index in [1.807, 2.05) is 0 Å². The van der Waals surface area contributed by atoms with Gasteiger partial charge in [0.1, 0.15) is 18.1 Å². The lowest BCUT2D eigenvalue weighted by molar-refractivity contribution is -0.133. The standard InChI is InChI=1S/C62H120N16O7/c1-3-5-7-9-11-13-15-17-19-21-23-25-27-29-31-39-53(79)70-46-48-78(49-47-71-54(80)40-32-30-28-26-24-22-20-18-16-14-12-10-8-6-4-2)56(82)42-41-55(81)75-51(37-34-44-73-61(66)67)58(84)77-52(38-35-45-74-62(68)69)59(85)76-50(57(63)83)36-33-43-72-60(64)65/h41-42,50-52H,3-40,43-49H2,1-2H3,(H2,63,83)(H,70,79)(H,71,80)(H,75,81)(H,76,85)(H,77,84)(H4,64,65,72)(H4,66,67,73)(H4,68,69,74)/b42-41-/t50-,51-,52-/m0/s1. The number of primary amides is 1. The smallest absolute Gasteiger partial charge is 0.246 e. The zero-order valence-corrected chi connectivity index (χ0v) is 52.9. The molecule has 0 radical (unpaired) electrons. The van der Waals surface area contributed by atoms with Crippen molar-refractivity contribution in [2.24, 2.45) is 55.1 Å². The molecule has 0 saturated heterocycles. The average Bonchev–Trinajstić information content (AvgIpc) is 3.57. The average molecular weight is 1200 g/mol. The second-order valence-electron chi connectivity index (χ2n) is 22.7. The minimum atomic E-state index is -1.25. The number of rotatable bonds is 58. The van der Waals surface area contributed by atoms with Crippen molar-refractivity contribution in [3.63, 3.8) is 0 Å². The van der Waals surface area contributed by atoms with E-state index in [1.54, 1.807) is 0 Å². The molecule has 0 saturated carbocycles. The van der Waals surface area contributed by atoms with Gasteiger partial charge in [-0.15, -0.1) is 0 Å². The molecule has 490 valence electrons. The highest BCUT2D eigenvalue weighted by Gasteiger charge is 2.29. The number of hydrogen-bond donors (Lipinski definition) is 12. The number of nitrogens with two attached hydrogens (primary N) is 7. The number of nitrogens with one attached hydrogen (secondary N) is 5. The fraction of sp³-hybridized carbons (Fsp3) is 0.806. The Balaban J connectivity index is 5.76. The van der Waals surface area contributed by atoms with E-state index in [2.05, 4.69) is 55.4 Å². The molecule has 7 amide bonds. The van der Waals surface area contributed by atoms with E-state index in [1.165, 1.54) is 146 Å². The molecule has 0 aromatic heterocycles. The second kappa shape index (κ2) is 55.7. The summed E-state index contributed by atoms with van der Waals surface area (Å²) >= 11 is 0. The molecule has 0 unspecified atom stereocenters. The Bertz CT molecular complexity index is 1850. The van der Waals surface area contributed by atoms with Gasteiger partial charge in [0.2, 0.25) is 41.4 Å². The summed E-state index contributed by atoms with van der Waals surface area (Å²) in [5.41, 5.74) is 38.4. The van der Waals surface area contributed by atoms with Crippen LogP contribution in [0.4, 0.5) is 0 Å². The highest BCUT2D eigenvalue weighted by atomic mass is 16.2. The van der Waals surface area contributed by atoms with Crippen LogP contribution in [-0.4, -0.2) is 128 Å². The third-order valence-corrected chi connectivity index (χ3v) is 14.9. The van der Waals surface area contributed by atoms with E-state index >= 15 is 0 Å². The number of unbranched alkanes of at least 4 members (excludes halogenated alkanes) is 28. The van der Waals surface area contributed by atoms with Gasteiger partial charge < -0.3 is 71.6 Å². The van der Waals surface area contributed by atoms with Crippen LogP contribution in [0.25, 0.3) is 0 Å². The zero-order valence-electron chi connectivity index (χ0n) is 52.9. The number of hydrogen-bond acceptors (Lipinski definition) is 10. The zero-order chi connectivity index (χ0) is 63.0. The van der Waals surface area contributed by atoms with Crippen LogP contribution >= 0.6 is 0 Å². The number of amides is 7. The first kappa shape index (κ1) is 78.8. The summed E-state index contributed by atoms with van der Waals surface area (Å²) in [7, 11) is 0. The molecule has 0 fully saturated rings. The number of guanidine groups is 3. The topological polar surface area (TPSA) is 402 Å². The predicted octanol–water partition coefficient (Wildman–Crippen LogP) is 6.23. The van der Waals surface area contributed by atoms with Gasteiger partial charge in [-0.2, -0.15) is 0 Å². The van der Waals surface area contributed by atoms with Crippen molar-refractivity contribution in [3.05, 3.63) is 12.2 Å². The monoisotopic (exact) mass is 1200 g/mol. The van der Waals surface area contributed by atoms with E-state index in [9.17, 15) is 33.6 Å². The summed E-state index contributed by atoms with van der Waals surface area (Å²) in [5, 5.41) is 13.7. The van der Waals surface area contributed by atoms with E-state index in [0.29, 0.717) is 19.3 Å². The summed E-state index contributed by atoms with van der Waals surface area (Å²) in [6.07, 6.45) is 40.6. The highest BCUT2D eigenvalue weighted by molar-refractivity contribution is 5.99. The van der Waals surface area contributed by atoms with Gasteiger partial charge in [-0.3, -0.25) is 48.5 Å². The molecule has 3 atom stereocenters. The van der Waals surface area contributed by atoms with Gasteiger partial charge >= 0.3 is 0 Å². The minimum absolute atomic E-state index is 0.0114. The van der Waals surface area contributed by atoms with E-state index in [-0.39, 0.29) is 108 Å². The van der Waals surface area contributed by atoms with Crippen LogP contribution in [0.1, 0.15) is 258 Å². The second-order valence-corrected chi connectivity index (χ2v) is 22.7. The maximum atomic E-state index is 14.0. The van der Waals surface area contributed by atoms with Crippen LogP contribution in [0.5, 0.6) is 0 Å². The van der Waals surface area contributed by atoms with Crippen molar-refractivity contribution in [2.75, 3.05) is 45.8 Å². The molecular weight excluding hydrogens is 1080 g/mol. The fourth-order valence-electron chi connectivity index (χ4n) is 9.83. The van der Waals surface area contributed by atoms with Crippen LogP contribution < -0.4 is 66.7 Å². The van der Waals surface area contributed by atoms with Crippen molar-refractivity contribution >= 4 is 59.2 Å². The Morgan fingerprint density at radius 3 is 0.988 bits per heavy atom. The molecule has 0 bridgehead atoms. The summed E-state index contributed by atoms with van der Waals surface area (Å²) in [6, 6.07) is -3.62. The van der Waals surface area contributed by atoms with Crippen molar-refractivity contribution in [1.82, 2.24) is 31.5 Å². The maximum Gasteiger partial charge on any atom is 0.246 e. The Hall–Kier alpha value is -6.16. The molecular formula is C62H120N16O7. The van der Waals surface area contributed by atoms with E-state index in [0.717, 1.165) is 63.5 Å². The van der Waals surface area contributed by atoms with Gasteiger partial charge in [-0.1, -0.05) is 194 Å². The molecule has 0 aliphatic rings. The predicted molar refractivity (Wildman–Crippen MR) is 346 cm³/mol. The van der Waals surface area contributed by atoms with Gasteiger partial charge in [-0.05, 0) is 51.4 Å². The highest BCUT2D eigenvalue weighted by Crippen LogP contribution is 2.16. The summed E-state index contributed by atoms with van der Waals surface area (Å²) in [4.78, 5) is 106. The molecule has 0 aromatic carbocycles. The van der Waals surface area contributed by atoms with Crippen LogP contribution in [0.15, 0.2) is 27.1 Å². The minimum Gasteiger partial charge on any atom is -0.370 e. The van der Waals surface area contributed by atoms with Crippen LogP contribution in [0.2, 0.25) is 0 Å². The molecule has 0 rings (SSSR count). The molecule has 0 aliphatic carbocycles. The molecule has 23 nitrogen and oxygen atoms in total. The fourth-order valence-corrected chi connectivity index (χ4v) is 9.83. The van der Waals surface area contributed by atoms with Crippen molar-refractivity contribution in [2.45, 2.75) is 276 Å². The van der Waals surface area contributed by atoms with E-state index < -0.39 is 47.7 Å². The quantitative estimate of drug-likeness (QED) is 0.0139. The van der Waals surface area contributed by atoms with Crippen molar-refractivity contribution in [3.8, 4) is 0 Å². The van der Waals surface area contributed by atoms with Crippen LogP contribution in [-0.2, 0) is 33.6 Å². The Labute approximate surface area is 511 Å². The van der Waals surface area contributed by atoms with Crippen molar-refractivity contribution in [1.29, 1.82) is 0 Å². The van der Waals surface area contributed by atoms with Gasteiger partial charge in [0, 0.05) is 70.8 Å². The van der Waals surface area contributed by atoms with Crippen molar-refractivity contribution < 1.29 is 33.6 Å². The third kappa shape index (κ3) is 50.8. The molecule has 0 aromatic rings. The summed E-state index contributed by atoms with van der Waals surface area (Å²) < 4.78 is 0. The van der Waals surface area contributed by atoms with Gasteiger partial charge in [0.15, 0.2) is 17.9 Å². The van der Waals surface area contributed by atoms with E-state index in [4.69, 9.17) is 40.1 Å². The first-order valence-electron chi connectivity index (χ1n) is 32.9. The lowest BCUT2D eigenvalue weighted by Crippen LogP contribution is -2.56. The lowest BCUT2D eigenvalue weighted by atomic mass is 10.0. The third-order valence-electron chi connectivity index (χ3n) is 14.9. The Kier molecular flexibility index (Phi) is 51.7. The number of carbonyl (C=O) groups is 7. The molecule has 23 heteroatoms. The molecule has 0 heterocycles. The molecule has 0 spiro atoms. The maximum absolute atomic E-state index is 14.0. The van der Waals surface area contributed by atoms with Gasteiger partial charge in [0.05, 0.1) is 0 Å². The normalized spacial score (nSPS) is 12.1. The summed E-state index contributed by atoms with van der Waals surface area (Å²) in [5.74, 6) is -4.37. The number of aliphatic imine (C=N–C) groups is 3. The number of carbonyl (C=O) groups excluding carboxylic acids is 7. The Morgan fingerprint density at radius 2 is 0.671 bits per heavy atom. The van der Waals surface area contributed by atoms with Gasteiger partial charge in [-0.25, -0.2) is 0 Å². The molecule has 19 N–H and O–H groups in total. The number of nitrogens with zero attached hydrogens (tertiary/aromatic N) is 4. The van der Waals surface area contributed by atoms with Crippen LogP contribution in [0, 0.1) is 0 Å². The SMILES string of the molecule is CCCCCCCCCCCCCCCCCC(=O)NCCN(CCNC(=O)CCCCCCCCCCCCCCCCC)C(=O)/C=C\C(=O)N[C@@H](CCCN=C(N)N)C(=O)N[C@@H](CCCN=C(N)N)C(=O)N[C@@H](CCCN=C(N)N)C(N)=O. The van der Waals surface area contributed by atoms with Crippen LogP contribution in [0.3, 0.4) is 0 Å².